The lowest BCUT2D eigenvalue weighted by atomic mass is 9.97. The van der Waals surface area contributed by atoms with E-state index in [2.05, 4.69) is 0 Å². The van der Waals surface area contributed by atoms with Crippen molar-refractivity contribution >= 4 is 15.9 Å². The van der Waals surface area contributed by atoms with Crippen molar-refractivity contribution in [2.75, 3.05) is 19.3 Å². The van der Waals surface area contributed by atoms with Crippen LogP contribution in [0.5, 0.6) is 0 Å². The number of nitrogens with two attached hydrogens (primary N) is 1. The molecule has 0 unspecified atom stereocenters. The Morgan fingerprint density at radius 1 is 1.47 bits per heavy atom. The summed E-state index contributed by atoms with van der Waals surface area (Å²) in [5.41, 5.74) is 6.76. The Morgan fingerprint density at radius 3 is 2.79 bits per heavy atom. The minimum Gasteiger partial charge on any atom is -0.366 e. The molecule has 1 saturated heterocycles. The molecule has 1 aromatic rings. The number of sulfonamides is 1. The van der Waals surface area contributed by atoms with E-state index in [4.69, 9.17) is 5.73 Å². The highest BCUT2D eigenvalue weighted by Crippen LogP contribution is 2.23. The van der Waals surface area contributed by atoms with Crippen LogP contribution in [0.15, 0.2) is 24.3 Å². The second-order valence-corrected chi connectivity index (χ2v) is 7.03. The van der Waals surface area contributed by atoms with Crippen LogP contribution in [0.4, 0.5) is 0 Å². The molecule has 104 valence electrons. The molecular weight excluding hydrogens is 264 g/mol. The number of nitrogens with zero attached hydrogens (tertiary/aromatic N) is 1. The predicted molar refractivity (Wildman–Crippen MR) is 73.2 cm³/mol. The van der Waals surface area contributed by atoms with Crippen LogP contribution in [0.3, 0.4) is 0 Å². The van der Waals surface area contributed by atoms with Gasteiger partial charge in [0, 0.05) is 18.7 Å². The Hall–Kier alpha value is -1.40. The van der Waals surface area contributed by atoms with E-state index in [9.17, 15) is 13.2 Å². The lowest BCUT2D eigenvalue weighted by Gasteiger charge is -2.13. The minimum absolute atomic E-state index is 0.304. The van der Waals surface area contributed by atoms with E-state index in [1.165, 1.54) is 10.6 Å². The molecule has 1 fully saturated rings. The van der Waals surface area contributed by atoms with Gasteiger partial charge in [-0.2, -0.15) is 0 Å². The van der Waals surface area contributed by atoms with Crippen molar-refractivity contribution in [3.8, 4) is 0 Å². The molecule has 1 atom stereocenters. The monoisotopic (exact) mass is 282 g/mol. The first-order valence-corrected chi connectivity index (χ1v) is 8.05. The fraction of sp³-hybridized carbons (Fsp3) is 0.462. The van der Waals surface area contributed by atoms with Crippen molar-refractivity contribution in [1.29, 1.82) is 0 Å². The topological polar surface area (TPSA) is 80.5 Å². The van der Waals surface area contributed by atoms with Crippen LogP contribution in [-0.2, 0) is 16.4 Å². The van der Waals surface area contributed by atoms with Crippen LogP contribution in [0.1, 0.15) is 22.3 Å². The highest BCUT2D eigenvalue weighted by atomic mass is 32.2. The second-order valence-electron chi connectivity index (χ2n) is 5.04. The van der Waals surface area contributed by atoms with Gasteiger partial charge in [-0.15, -0.1) is 0 Å². The molecule has 1 aliphatic heterocycles. The summed E-state index contributed by atoms with van der Waals surface area (Å²) >= 11 is 0. The summed E-state index contributed by atoms with van der Waals surface area (Å²) in [6, 6.07) is 7.21. The molecule has 1 heterocycles. The van der Waals surface area contributed by atoms with E-state index in [1.807, 2.05) is 6.07 Å². The van der Waals surface area contributed by atoms with Gasteiger partial charge in [0.15, 0.2) is 0 Å². The number of hydrogen-bond acceptors (Lipinski definition) is 3. The Balaban J connectivity index is 2.03. The Kier molecular flexibility index (Phi) is 3.91. The van der Waals surface area contributed by atoms with Gasteiger partial charge >= 0.3 is 0 Å². The minimum atomic E-state index is -3.09. The van der Waals surface area contributed by atoms with Crippen molar-refractivity contribution in [3.63, 3.8) is 0 Å². The zero-order valence-corrected chi connectivity index (χ0v) is 11.7. The van der Waals surface area contributed by atoms with E-state index in [-0.39, 0.29) is 0 Å². The van der Waals surface area contributed by atoms with Gasteiger partial charge in [0.05, 0.1) is 6.26 Å². The summed E-state index contributed by atoms with van der Waals surface area (Å²) in [5.74, 6) is -0.135. The SMILES string of the molecule is CS(=O)(=O)N1CC[C@@H](Cc2cccc(C(N)=O)c2)C1. The number of benzene rings is 1. The van der Waals surface area contributed by atoms with Crippen LogP contribution in [0, 0.1) is 5.92 Å². The van der Waals surface area contributed by atoms with Crippen LogP contribution >= 0.6 is 0 Å². The van der Waals surface area contributed by atoms with Gasteiger partial charge in [0.1, 0.15) is 0 Å². The average Bonchev–Trinajstić information content (AvgIpc) is 2.77. The molecule has 0 spiro atoms. The summed E-state index contributed by atoms with van der Waals surface area (Å²) < 4.78 is 24.4. The molecule has 6 heteroatoms. The molecular formula is C13H18N2O3S. The first-order valence-electron chi connectivity index (χ1n) is 6.20. The number of primary amides is 1. The Morgan fingerprint density at radius 2 is 2.21 bits per heavy atom. The molecule has 0 bridgehead atoms. The predicted octanol–water partition coefficient (Wildman–Crippen LogP) is 0.610. The summed E-state index contributed by atoms with van der Waals surface area (Å²) in [4.78, 5) is 11.1. The number of hydrogen-bond donors (Lipinski definition) is 1. The molecule has 2 rings (SSSR count). The third kappa shape index (κ3) is 3.54. The summed E-state index contributed by atoms with van der Waals surface area (Å²) in [6.45, 7) is 1.14. The quantitative estimate of drug-likeness (QED) is 0.878. The zero-order valence-electron chi connectivity index (χ0n) is 10.9. The highest BCUT2D eigenvalue weighted by molar-refractivity contribution is 7.88. The fourth-order valence-corrected chi connectivity index (χ4v) is 3.37. The van der Waals surface area contributed by atoms with Crippen molar-refractivity contribution in [2.45, 2.75) is 12.8 Å². The van der Waals surface area contributed by atoms with E-state index >= 15 is 0 Å². The normalized spacial score (nSPS) is 20.6. The van der Waals surface area contributed by atoms with Gasteiger partial charge in [-0.1, -0.05) is 12.1 Å². The molecule has 0 saturated carbocycles. The molecule has 0 aromatic heterocycles. The average molecular weight is 282 g/mol. The molecule has 0 aliphatic carbocycles. The Bertz CT molecular complexity index is 583. The van der Waals surface area contributed by atoms with Gasteiger partial charge in [-0.3, -0.25) is 4.79 Å². The lowest BCUT2D eigenvalue weighted by molar-refractivity contribution is 0.1000. The Labute approximate surface area is 113 Å². The second kappa shape index (κ2) is 5.30. The zero-order chi connectivity index (χ0) is 14.0. The third-order valence-electron chi connectivity index (χ3n) is 3.45. The van der Waals surface area contributed by atoms with E-state index in [0.717, 1.165) is 18.4 Å². The number of carbonyl (C=O) groups is 1. The molecule has 19 heavy (non-hydrogen) atoms. The van der Waals surface area contributed by atoms with Crippen LogP contribution in [0.2, 0.25) is 0 Å². The smallest absolute Gasteiger partial charge is 0.248 e. The van der Waals surface area contributed by atoms with Crippen LogP contribution < -0.4 is 5.73 Å². The molecule has 1 aromatic carbocycles. The number of carbonyl (C=O) groups excluding carboxylic acids is 1. The summed E-state index contributed by atoms with van der Waals surface area (Å²) in [5, 5.41) is 0. The molecule has 2 N–H and O–H groups in total. The fourth-order valence-electron chi connectivity index (χ4n) is 2.45. The summed E-state index contributed by atoms with van der Waals surface area (Å²) in [7, 11) is -3.09. The van der Waals surface area contributed by atoms with Crippen LogP contribution in [-0.4, -0.2) is 38.0 Å². The van der Waals surface area contributed by atoms with E-state index in [0.29, 0.717) is 24.6 Å². The van der Waals surface area contributed by atoms with E-state index in [1.54, 1.807) is 18.2 Å². The van der Waals surface area contributed by atoms with Gasteiger partial charge in [-0.05, 0) is 36.5 Å². The first-order chi connectivity index (χ1) is 8.86. The van der Waals surface area contributed by atoms with Gasteiger partial charge in [-0.25, -0.2) is 12.7 Å². The molecule has 0 radical (unpaired) electrons. The van der Waals surface area contributed by atoms with Crippen molar-refractivity contribution in [3.05, 3.63) is 35.4 Å². The molecule has 1 amide bonds. The van der Waals surface area contributed by atoms with Crippen molar-refractivity contribution in [2.24, 2.45) is 11.7 Å². The highest BCUT2D eigenvalue weighted by Gasteiger charge is 2.28. The first kappa shape index (κ1) is 14.0. The van der Waals surface area contributed by atoms with Crippen molar-refractivity contribution in [1.82, 2.24) is 4.31 Å². The standard InChI is InChI=1S/C13H18N2O3S/c1-19(17,18)15-6-5-11(9-15)7-10-3-2-4-12(8-10)13(14)16/h2-4,8,11H,5-7,9H2,1H3,(H2,14,16)/t11-/m0/s1. The maximum Gasteiger partial charge on any atom is 0.248 e. The summed E-state index contributed by atoms with van der Waals surface area (Å²) in [6.07, 6.45) is 2.87. The number of amides is 1. The third-order valence-corrected chi connectivity index (χ3v) is 4.72. The van der Waals surface area contributed by atoms with Crippen molar-refractivity contribution < 1.29 is 13.2 Å². The number of rotatable bonds is 4. The largest absolute Gasteiger partial charge is 0.366 e. The lowest BCUT2D eigenvalue weighted by Crippen LogP contribution is -2.27. The van der Waals surface area contributed by atoms with Crippen LogP contribution in [0.25, 0.3) is 0 Å². The maximum atomic E-state index is 11.4. The van der Waals surface area contributed by atoms with Gasteiger partial charge in [0.2, 0.25) is 15.9 Å². The maximum absolute atomic E-state index is 11.4. The van der Waals surface area contributed by atoms with Gasteiger partial charge in [0.25, 0.3) is 0 Å². The molecule has 1 aliphatic rings. The molecule has 5 nitrogen and oxygen atoms in total. The van der Waals surface area contributed by atoms with E-state index < -0.39 is 15.9 Å². The van der Waals surface area contributed by atoms with Gasteiger partial charge < -0.3 is 5.73 Å².